The molecule has 0 bridgehead atoms. The SMILES string of the molecule is COCCCOC(=O)c1cc(S(N)(=O)=O)cn1C(C)C. The third-order valence-corrected chi connectivity index (χ3v) is 3.52. The second-order valence-corrected chi connectivity index (χ2v) is 6.15. The summed E-state index contributed by atoms with van der Waals surface area (Å²) < 4.78 is 34.1. The smallest absolute Gasteiger partial charge is 0.354 e. The van der Waals surface area contributed by atoms with Crippen LogP contribution in [0, 0.1) is 0 Å². The minimum atomic E-state index is -3.85. The standard InChI is InChI=1S/C12H20N2O5S/c1-9(2)14-8-10(20(13,16)17)7-11(14)12(15)19-6-4-5-18-3/h7-9H,4-6H2,1-3H3,(H2,13,16,17). The number of esters is 1. The van der Waals surface area contributed by atoms with Gasteiger partial charge in [0.25, 0.3) is 0 Å². The molecule has 1 rings (SSSR count). The summed E-state index contributed by atoms with van der Waals surface area (Å²) in [6.45, 7) is 4.35. The quantitative estimate of drug-likeness (QED) is 0.596. The lowest BCUT2D eigenvalue weighted by molar-refractivity contribution is 0.0454. The van der Waals surface area contributed by atoms with E-state index in [-0.39, 0.29) is 23.2 Å². The van der Waals surface area contributed by atoms with Gasteiger partial charge in [-0.05, 0) is 19.9 Å². The van der Waals surface area contributed by atoms with Gasteiger partial charge < -0.3 is 14.0 Å². The van der Waals surface area contributed by atoms with Crippen molar-refractivity contribution in [2.75, 3.05) is 20.3 Å². The first-order valence-corrected chi connectivity index (χ1v) is 7.72. The number of hydrogen-bond acceptors (Lipinski definition) is 5. The number of methoxy groups -OCH3 is 1. The Balaban J connectivity index is 2.92. The first-order valence-electron chi connectivity index (χ1n) is 6.18. The van der Waals surface area contributed by atoms with Crippen molar-refractivity contribution in [1.29, 1.82) is 0 Å². The molecular weight excluding hydrogens is 284 g/mol. The Morgan fingerprint density at radius 2 is 2.05 bits per heavy atom. The van der Waals surface area contributed by atoms with Gasteiger partial charge in [-0.3, -0.25) is 0 Å². The largest absolute Gasteiger partial charge is 0.461 e. The lowest BCUT2D eigenvalue weighted by atomic mass is 10.3. The highest BCUT2D eigenvalue weighted by atomic mass is 32.2. The highest BCUT2D eigenvalue weighted by Gasteiger charge is 2.21. The molecule has 1 heterocycles. The summed E-state index contributed by atoms with van der Waals surface area (Å²) >= 11 is 0. The molecule has 0 saturated heterocycles. The minimum Gasteiger partial charge on any atom is -0.461 e. The van der Waals surface area contributed by atoms with Gasteiger partial charge in [0.1, 0.15) is 10.6 Å². The van der Waals surface area contributed by atoms with Crippen LogP contribution in [0.4, 0.5) is 0 Å². The molecule has 0 amide bonds. The molecule has 0 unspecified atom stereocenters. The predicted molar refractivity (Wildman–Crippen MR) is 73.0 cm³/mol. The number of aromatic nitrogens is 1. The molecule has 20 heavy (non-hydrogen) atoms. The Labute approximate surface area is 118 Å². The number of carbonyl (C=O) groups is 1. The minimum absolute atomic E-state index is 0.0907. The van der Waals surface area contributed by atoms with Crippen LogP contribution in [0.1, 0.15) is 36.8 Å². The summed E-state index contributed by atoms with van der Waals surface area (Å²) in [6.07, 6.45) is 1.92. The van der Waals surface area contributed by atoms with Crippen LogP contribution < -0.4 is 5.14 Å². The van der Waals surface area contributed by atoms with E-state index in [1.54, 1.807) is 7.11 Å². The van der Waals surface area contributed by atoms with E-state index < -0.39 is 16.0 Å². The zero-order valence-corrected chi connectivity index (χ0v) is 12.6. The van der Waals surface area contributed by atoms with E-state index in [0.717, 1.165) is 0 Å². The molecule has 0 aromatic carbocycles. The van der Waals surface area contributed by atoms with Gasteiger partial charge in [0, 0.05) is 32.4 Å². The summed E-state index contributed by atoms with van der Waals surface area (Å²) in [5, 5.41) is 5.07. The van der Waals surface area contributed by atoms with E-state index >= 15 is 0 Å². The molecule has 0 atom stereocenters. The third kappa shape index (κ3) is 4.32. The zero-order chi connectivity index (χ0) is 15.3. The maximum Gasteiger partial charge on any atom is 0.354 e. The van der Waals surface area contributed by atoms with Crippen molar-refractivity contribution in [2.45, 2.75) is 31.2 Å². The molecule has 8 heteroatoms. The number of nitrogens with two attached hydrogens (primary N) is 1. The van der Waals surface area contributed by atoms with E-state index in [2.05, 4.69) is 0 Å². The fourth-order valence-corrected chi connectivity index (χ4v) is 2.18. The van der Waals surface area contributed by atoms with Crippen LogP contribution in [0.3, 0.4) is 0 Å². The predicted octanol–water partition coefficient (Wildman–Crippen LogP) is 0.910. The monoisotopic (exact) mass is 304 g/mol. The maximum absolute atomic E-state index is 12.0. The number of primary sulfonamides is 1. The van der Waals surface area contributed by atoms with Crippen LogP contribution >= 0.6 is 0 Å². The number of rotatable bonds is 7. The van der Waals surface area contributed by atoms with Crippen molar-refractivity contribution >= 4 is 16.0 Å². The van der Waals surface area contributed by atoms with Gasteiger partial charge >= 0.3 is 5.97 Å². The van der Waals surface area contributed by atoms with E-state index in [1.165, 1.54) is 16.8 Å². The Hall–Kier alpha value is -1.38. The average Bonchev–Trinajstić information content (AvgIpc) is 2.79. The van der Waals surface area contributed by atoms with E-state index in [9.17, 15) is 13.2 Å². The lowest BCUT2D eigenvalue weighted by Crippen LogP contribution is -2.14. The van der Waals surface area contributed by atoms with Crippen molar-refractivity contribution < 1.29 is 22.7 Å². The highest BCUT2D eigenvalue weighted by Crippen LogP contribution is 2.18. The molecule has 114 valence electrons. The fraction of sp³-hybridized carbons (Fsp3) is 0.583. The van der Waals surface area contributed by atoms with Crippen LogP contribution in [0.15, 0.2) is 17.2 Å². The fourth-order valence-electron chi connectivity index (χ4n) is 1.64. The molecule has 0 spiro atoms. The van der Waals surface area contributed by atoms with Crippen LogP contribution in [-0.4, -0.2) is 39.3 Å². The number of sulfonamides is 1. The summed E-state index contributed by atoms with van der Waals surface area (Å²) in [4.78, 5) is 11.9. The summed E-state index contributed by atoms with van der Waals surface area (Å²) in [5.41, 5.74) is 0.168. The second kappa shape index (κ2) is 6.87. The number of ether oxygens (including phenoxy) is 2. The molecule has 0 saturated carbocycles. The molecule has 7 nitrogen and oxygen atoms in total. The Morgan fingerprint density at radius 1 is 1.40 bits per heavy atom. The molecule has 2 N–H and O–H groups in total. The summed E-state index contributed by atoms with van der Waals surface area (Å²) in [5.74, 6) is -0.579. The number of carbonyl (C=O) groups excluding carboxylic acids is 1. The van der Waals surface area contributed by atoms with Gasteiger partial charge in [0.2, 0.25) is 10.0 Å². The van der Waals surface area contributed by atoms with Crippen LogP contribution in [0.2, 0.25) is 0 Å². The Bertz CT molecular complexity index is 562. The molecule has 0 aliphatic heterocycles. The highest BCUT2D eigenvalue weighted by molar-refractivity contribution is 7.89. The van der Waals surface area contributed by atoms with Crippen LogP contribution in [-0.2, 0) is 19.5 Å². The molecule has 0 aliphatic rings. The molecular formula is C12H20N2O5S. The second-order valence-electron chi connectivity index (χ2n) is 4.59. The number of hydrogen-bond donors (Lipinski definition) is 1. The molecule has 0 radical (unpaired) electrons. The third-order valence-electron chi connectivity index (χ3n) is 2.64. The summed E-state index contributed by atoms with van der Waals surface area (Å²) in [7, 11) is -2.29. The summed E-state index contributed by atoms with van der Waals surface area (Å²) in [6, 6.07) is 1.14. The normalized spacial score (nSPS) is 11.8. The Morgan fingerprint density at radius 3 is 2.55 bits per heavy atom. The zero-order valence-electron chi connectivity index (χ0n) is 11.8. The average molecular weight is 304 g/mol. The van der Waals surface area contributed by atoms with E-state index in [0.29, 0.717) is 13.0 Å². The first-order chi connectivity index (χ1) is 9.27. The van der Waals surface area contributed by atoms with Gasteiger partial charge in [0.15, 0.2) is 0 Å². The van der Waals surface area contributed by atoms with Crippen molar-refractivity contribution in [2.24, 2.45) is 5.14 Å². The number of nitrogens with zero attached hydrogens (tertiary/aromatic N) is 1. The molecule has 1 aromatic heterocycles. The van der Waals surface area contributed by atoms with Crippen molar-refractivity contribution in [3.8, 4) is 0 Å². The van der Waals surface area contributed by atoms with Gasteiger partial charge in [0.05, 0.1) is 6.61 Å². The van der Waals surface area contributed by atoms with Crippen molar-refractivity contribution in [1.82, 2.24) is 4.57 Å². The van der Waals surface area contributed by atoms with Crippen molar-refractivity contribution in [3.63, 3.8) is 0 Å². The van der Waals surface area contributed by atoms with E-state index in [1.807, 2.05) is 13.8 Å². The molecule has 0 aliphatic carbocycles. The Kier molecular flexibility index (Phi) is 5.73. The molecule has 1 aromatic rings. The van der Waals surface area contributed by atoms with E-state index in [4.69, 9.17) is 14.6 Å². The van der Waals surface area contributed by atoms with Crippen molar-refractivity contribution in [3.05, 3.63) is 18.0 Å². The van der Waals surface area contributed by atoms with Gasteiger partial charge in [-0.2, -0.15) is 0 Å². The topological polar surface area (TPSA) is 101 Å². The molecule has 0 fully saturated rings. The van der Waals surface area contributed by atoms with Gasteiger partial charge in [-0.25, -0.2) is 18.4 Å². The maximum atomic E-state index is 12.0. The lowest BCUT2D eigenvalue weighted by Gasteiger charge is -2.12. The first kappa shape index (κ1) is 16.7. The van der Waals surface area contributed by atoms with Crippen LogP contribution in [0.25, 0.3) is 0 Å². The van der Waals surface area contributed by atoms with Gasteiger partial charge in [-0.1, -0.05) is 0 Å². The van der Waals surface area contributed by atoms with Gasteiger partial charge in [-0.15, -0.1) is 0 Å². The van der Waals surface area contributed by atoms with Crippen LogP contribution in [0.5, 0.6) is 0 Å².